The van der Waals surface area contributed by atoms with Gasteiger partial charge in [-0.2, -0.15) is 0 Å². The van der Waals surface area contributed by atoms with Crippen LogP contribution in [-0.4, -0.2) is 35.7 Å². The van der Waals surface area contributed by atoms with E-state index in [0.29, 0.717) is 30.9 Å². The summed E-state index contributed by atoms with van der Waals surface area (Å²) in [5.41, 5.74) is 0.866. The van der Waals surface area contributed by atoms with E-state index in [4.69, 9.17) is 4.42 Å². The number of benzene rings is 1. The van der Waals surface area contributed by atoms with Gasteiger partial charge in [-0.15, -0.1) is 10.2 Å². The first-order valence-electron chi connectivity index (χ1n) is 7.30. The maximum Gasteiger partial charge on any atom is 0.275 e. The van der Waals surface area contributed by atoms with Crippen molar-refractivity contribution in [3.05, 3.63) is 34.6 Å². The normalized spacial score (nSPS) is 15.5. The molecule has 1 saturated carbocycles. The Bertz CT molecular complexity index is 669. The molecule has 0 bridgehead atoms. The van der Waals surface area contributed by atoms with Crippen molar-refractivity contribution >= 4 is 21.8 Å². The average Bonchev–Trinajstić information content (AvgIpc) is 3.16. The van der Waals surface area contributed by atoms with Crippen LogP contribution in [0.15, 0.2) is 33.2 Å². The van der Waals surface area contributed by atoms with Crippen LogP contribution < -0.4 is 10.2 Å². The van der Waals surface area contributed by atoms with Crippen molar-refractivity contribution in [3.8, 4) is 11.5 Å². The van der Waals surface area contributed by atoms with Crippen molar-refractivity contribution in [1.82, 2.24) is 15.5 Å². The van der Waals surface area contributed by atoms with Crippen LogP contribution in [0.5, 0.6) is 0 Å². The molecule has 1 aromatic heterocycles. The lowest BCUT2D eigenvalue weighted by atomic mass is 10.2. The molecule has 0 aliphatic heterocycles. The van der Waals surface area contributed by atoms with Gasteiger partial charge in [-0.25, -0.2) is 0 Å². The largest absolute Gasteiger partial charge is 0.415 e. The summed E-state index contributed by atoms with van der Waals surface area (Å²) in [6.45, 7) is 0.929. The summed E-state index contributed by atoms with van der Waals surface area (Å²) in [5, 5.41) is 11.1. The van der Waals surface area contributed by atoms with Gasteiger partial charge in [0.05, 0.1) is 12.6 Å². The second-order valence-corrected chi connectivity index (χ2v) is 6.49. The van der Waals surface area contributed by atoms with E-state index in [9.17, 15) is 4.79 Å². The van der Waals surface area contributed by atoms with Crippen LogP contribution in [-0.2, 0) is 11.3 Å². The standard InChI is InChI=1S/C15H17BrN4O2/c1-20(8-13(21)17-10-6-7-10)9-14-18-19-15(22-14)11-4-2-3-5-12(11)16/h2-5,10H,6-9H2,1H3,(H,17,21)/p+1. The number of nitrogens with one attached hydrogen (secondary N) is 2. The highest BCUT2D eigenvalue weighted by Gasteiger charge is 2.25. The minimum Gasteiger partial charge on any atom is -0.415 e. The molecule has 116 valence electrons. The molecule has 0 saturated heterocycles. The summed E-state index contributed by atoms with van der Waals surface area (Å²) in [4.78, 5) is 12.8. The molecule has 1 aromatic carbocycles. The lowest BCUT2D eigenvalue weighted by Gasteiger charge is -2.11. The Balaban J connectivity index is 1.59. The van der Waals surface area contributed by atoms with Crippen LogP contribution in [0, 0.1) is 0 Å². The molecule has 7 heteroatoms. The first kappa shape index (κ1) is 15.2. The number of nitrogens with zero attached hydrogens (tertiary/aromatic N) is 2. The molecule has 1 aliphatic carbocycles. The quantitative estimate of drug-likeness (QED) is 0.793. The number of halogens is 1. The molecule has 0 radical (unpaired) electrons. The minimum absolute atomic E-state index is 0.0746. The van der Waals surface area contributed by atoms with Crippen molar-refractivity contribution in [2.45, 2.75) is 25.4 Å². The molecular weight excluding hydrogens is 348 g/mol. The van der Waals surface area contributed by atoms with E-state index in [1.807, 2.05) is 31.3 Å². The monoisotopic (exact) mass is 365 g/mol. The zero-order chi connectivity index (χ0) is 15.5. The van der Waals surface area contributed by atoms with Crippen LogP contribution in [0.3, 0.4) is 0 Å². The number of rotatable bonds is 6. The van der Waals surface area contributed by atoms with Crippen molar-refractivity contribution in [1.29, 1.82) is 0 Å². The number of hydrogen-bond acceptors (Lipinski definition) is 4. The third-order valence-electron chi connectivity index (χ3n) is 3.43. The highest BCUT2D eigenvalue weighted by Crippen LogP contribution is 2.26. The van der Waals surface area contributed by atoms with Crippen molar-refractivity contribution in [2.24, 2.45) is 0 Å². The Morgan fingerprint density at radius 3 is 2.91 bits per heavy atom. The fourth-order valence-corrected chi connectivity index (χ4v) is 2.62. The van der Waals surface area contributed by atoms with E-state index in [0.717, 1.165) is 27.8 Å². The molecule has 1 amide bonds. The second-order valence-electron chi connectivity index (χ2n) is 5.63. The number of amides is 1. The molecule has 2 N–H and O–H groups in total. The minimum atomic E-state index is 0.0746. The molecular formula is C15H18BrN4O2+. The maximum absolute atomic E-state index is 11.8. The Kier molecular flexibility index (Phi) is 4.54. The molecule has 1 unspecified atom stereocenters. The van der Waals surface area contributed by atoms with Gasteiger partial charge in [0.15, 0.2) is 13.1 Å². The zero-order valence-corrected chi connectivity index (χ0v) is 13.9. The topological polar surface area (TPSA) is 72.5 Å². The van der Waals surface area contributed by atoms with Crippen LogP contribution in [0.25, 0.3) is 11.5 Å². The fourth-order valence-electron chi connectivity index (χ4n) is 2.17. The van der Waals surface area contributed by atoms with Gasteiger partial charge in [-0.1, -0.05) is 12.1 Å². The van der Waals surface area contributed by atoms with E-state index in [1.54, 1.807) is 0 Å². The summed E-state index contributed by atoms with van der Waals surface area (Å²) in [5.74, 6) is 1.09. The Hall–Kier alpha value is -1.73. The van der Waals surface area contributed by atoms with Gasteiger partial charge < -0.3 is 14.6 Å². The molecule has 3 rings (SSSR count). The molecule has 0 spiro atoms. The van der Waals surface area contributed by atoms with E-state index in [-0.39, 0.29) is 5.91 Å². The fraction of sp³-hybridized carbons (Fsp3) is 0.400. The zero-order valence-electron chi connectivity index (χ0n) is 12.3. The van der Waals surface area contributed by atoms with Gasteiger partial charge in [-0.05, 0) is 40.9 Å². The molecule has 22 heavy (non-hydrogen) atoms. The van der Waals surface area contributed by atoms with Crippen molar-refractivity contribution < 1.29 is 14.1 Å². The third-order valence-corrected chi connectivity index (χ3v) is 4.12. The van der Waals surface area contributed by atoms with E-state index in [1.165, 1.54) is 0 Å². The summed E-state index contributed by atoms with van der Waals surface area (Å²) in [6, 6.07) is 8.09. The van der Waals surface area contributed by atoms with E-state index < -0.39 is 0 Å². The van der Waals surface area contributed by atoms with Crippen LogP contribution in [0.1, 0.15) is 18.7 Å². The number of carbonyl (C=O) groups is 1. The number of carbonyl (C=O) groups excluding carboxylic acids is 1. The summed E-state index contributed by atoms with van der Waals surface area (Å²) in [7, 11) is 1.94. The van der Waals surface area contributed by atoms with Crippen molar-refractivity contribution in [2.75, 3.05) is 13.6 Å². The van der Waals surface area contributed by atoms with Gasteiger partial charge in [0.2, 0.25) is 5.89 Å². The first-order chi connectivity index (χ1) is 10.6. The Morgan fingerprint density at radius 2 is 2.18 bits per heavy atom. The highest BCUT2D eigenvalue weighted by atomic mass is 79.9. The van der Waals surface area contributed by atoms with Gasteiger partial charge in [-0.3, -0.25) is 4.79 Å². The Morgan fingerprint density at radius 1 is 1.41 bits per heavy atom. The molecule has 1 heterocycles. The smallest absolute Gasteiger partial charge is 0.275 e. The van der Waals surface area contributed by atoms with Gasteiger partial charge in [0.1, 0.15) is 0 Å². The van der Waals surface area contributed by atoms with Crippen LogP contribution in [0.2, 0.25) is 0 Å². The number of aromatic nitrogens is 2. The molecule has 1 aliphatic rings. The number of likely N-dealkylation sites (N-methyl/N-ethyl adjacent to an activating group) is 1. The van der Waals surface area contributed by atoms with Crippen LogP contribution >= 0.6 is 15.9 Å². The maximum atomic E-state index is 11.8. The summed E-state index contributed by atoms with van der Waals surface area (Å²) < 4.78 is 6.60. The molecule has 6 nitrogen and oxygen atoms in total. The Labute approximate surface area is 137 Å². The third kappa shape index (κ3) is 3.92. The SMILES string of the molecule is C[NH+](CC(=O)NC1CC1)Cc1nnc(-c2ccccc2Br)o1. The molecule has 1 atom stereocenters. The molecule has 2 aromatic rings. The van der Waals surface area contributed by atoms with E-state index in [2.05, 4.69) is 31.4 Å². The van der Waals surface area contributed by atoms with Gasteiger partial charge in [0.25, 0.3) is 11.8 Å². The van der Waals surface area contributed by atoms with Crippen LogP contribution in [0.4, 0.5) is 0 Å². The average molecular weight is 366 g/mol. The van der Waals surface area contributed by atoms with Crippen molar-refractivity contribution in [3.63, 3.8) is 0 Å². The van der Waals surface area contributed by atoms with Gasteiger partial charge >= 0.3 is 0 Å². The number of quaternary nitrogens is 1. The highest BCUT2D eigenvalue weighted by molar-refractivity contribution is 9.10. The predicted molar refractivity (Wildman–Crippen MR) is 84.1 cm³/mol. The lowest BCUT2D eigenvalue weighted by Crippen LogP contribution is -3.09. The second kappa shape index (κ2) is 6.58. The summed E-state index contributed by atoms with van der Waals surface area (Å²) >= 11 is 3.47. The first-order valence-corrected chi connectivity index (χ1v) is 8.09. The predicted octanol–water partition coefficient (Wildman–Crippen LogP) is 0.792. The number of hydrogen-bond donors (Lipinski definition) is 2. The van der Waals surface area contributed by atoms with E-state index >= 15 is 0 Å². The van der Waals surface area contributed by atoms with Gasteiger partial charge in [0, 0.05) is 10.5 Å². The lowest BCUT2D eigenvalue weighted by molar-refractivity contribution is -0.886. The molecule has 1 fully saturated rings. The summed E-state index contributed by atoms with van der Waals surface area (Å²) in [6.07, 6.45) is 2.20.